The summed E-state index contributed by atoms with van der Waals surface area (Å²) >= 11 is 0. The van der Waals surface area contributed by atoms with Gasteiger partial charge < -0.3 is 30.2 Å². The molecular formula is C34H41FN6O4. The predicted molar refractivity (Wildman–Crippen MR) is 171 cm³/mol. The first-order valence-corrected chi connectivity index (χ1v) is 15.3. The number of hydrogen-bond donors (Lipinski definition) is 2. The van der Waals surface area contributed by atoms with Crippen LogP contribution in [0.4, 0.5) is 10.1 Å². The lowest BCUT2D eigenvalue weighted by molar-refractivity contribution is -0.124. The van der Waals surface area contributed by atoms with E-state index in [4.69, 9.17) is 19.9 Å². The molecule has 45 heavy (non-hydrogen) atoms. The number of para-hydroxylation sites is 1. The van der Waals surface area contributed by atoms with Crippen LogP contribution in [0.2, 0.25) is 0 Å². The molecule has 4 aliphatic rings. The van der Waals surface area contributed by atoms with Crippen molar-refractivity contribution >= 4 is 17.8 Å². The average Bonchev–Trinajstić information content (AvgIpc) is 3.59. The minimum Gasteiger partial charge on any atom is -0.504 e. The topological polar surface area (TPSA) is 105 Å². The number of carbonyl (C=O) groups excluding carboxylic acids is 1. The molecule has 1 amide bonds. The van der Waals surface area contributed by atoms with Crippen LogP contribution in [-0.4, -0.2) is 73.7 Å². The standard InChI is InChI=1S/C34H41FN6O4/c1-39(19-21-10-14-24(44-3)15-11-21)29-17-31(40(28-16-26(28)35)41-30(33(36)42)18-37-34(29)41)38-27-7-5-6-25(32(27)45-4)23-12-8-22(9-13-23)20-43-2/h5-7,10-11,14-15,17-18,20,23,26,28,30,38H,8-9,12-13,16,19H2,1-4H3,(H2,36,42)/t23?,26-,28+,30?/m0/s1. The van der Waals surface area contributed by atoms with E-state index in [0.717, 1.165) is 59.7 Å². The van der Waals surface area contributed by atoms with Gasteiger partial charge in [0.1, 0.15) is 23.5 Å². The van der Waals surface area contributed by atoms with Crippen molar-refractivity contribution in [1.29, 1.82) is 0 Å². The van der Waals surface area contributed by atoms with Crippen molar-refractivity contribution in [3.63, 3.8) is 0 Å². The molecule has 3 N–H and O–H groups in total. The SMILES string of the molecule is COC=C1CCC(c2cccc(NC3=CC(N(C)Cc4ccc(OC)cc4)=C4N=CC(C(N)=O)N4N3[C@@H]3C[C@@H]3F)c2OC)CC1. The lowest BCUT2D eigenvalue weighted by atomic mass is 9.81. The van der Waals surface area contributed by atoms with E-state index in [1.807, 2.05) is 60.8 Å². The molecule has 0 spiro atoms. The fourth-order valence-corrected chi connectivity index (χ4v) is 6.52. The molecule has 1 unspecified atom stereocenters. The van der Waals surface area contributed by atoms with Gasteiger partial charge in [-0.2, -0.15) is 0 Å². The lowest BCUT2D eigenvalue weighted by Crippen LogP contribution is -2.55. The Morgan fingerprint density at radius 1 is 1.11 bits per heavy atom. The van der Waals surface area contributed by atoms with Crippen LogP contribution in [0.15, 0.2) is 82.7 Å². The number of anilines is 1. The molecule has 238 valence electrons. The van der Waals surface area contributed by atoms with Crippen molar-refractivity contribution in [3.8, 4) is 11.5 Å². The summed E-state index contributed by atoms with van der Waals surface area (Å²) in [5, 5.41) is 7.11. The maximum Gasteiger partial charge on any atom is 0.247 e. The summed E-state index contributed by atoms with van der Waals surface area (Å²) in [7, 11) is 6.97. The molecule has 2 fully saturated rings. The zero-order chi connectivity index (χ0) is 31.7. The minimum atomic E-state index is -1.05. The van der Waals surface area contributed by atoms with Gasteiger partial charge in [-0.3, -0.25) is 9.80 Å². The van der Waals surface area contributed by atoms with Gasteiger partial charge in [-0.1, -0.05) is 24.3 Å². The Kier molecular flexibility index (Phi) is 8.60. The summed E-state index contributed by atoms with van der Waals surface area (Å²) in [5.41, 5.74) is 10.9. The molecule has 0 saturated heterocycles. The van der Waals surface area contributed by atoms with E-state index in [1.165, 1.54) is 11.8 Å². The second kappa shape index (κ2) is 12.7. The Balaban J connectivity index is 1.36. The Labute approximate surface area is 263 Å². The lowest BCUT2D eigenvalue weighted by Gasteiger charge is -2.43. The Bertz CT molecular complexity index is 1540. The third kappa shape index (κ3) is 6.03. The smallest absolute Gasteiger partial charge is 0.247 e. The van der Waals surface area contributed by atoms with E-state index in [2.05, 4.69) is 21.3 Å². The molecule has 10 nitrogen and oxygen atoms in total. The van der Waals surface area contributed by atoms with Gasteiger partial charge in [-0.25, -0.2) is 14.4 Å². The number of ether oxygens (including phenoxy) is 3. The van der Waals surface area contributed by atoms with Crippen LogP contribution >= 0.6 is 0 Å². The number of likely N-dealkylation sites (N-methyl/N-ethyl adjacent to an activating group) is 1. The molecule has 0 radical (unpaired) electrons. The van der Waals surface area contributed by atoms with E-state index in [1.54, 1.807) is 26.3 Å². The first-order chi connectivity index (χ1) is 21.8. The number of hydrazine groups is 1. The van der Waals surface area contributed by atoms with Crippen LogP contribution in [0.1, 0.15) is 49.1 Å². The molecule has 2 heterocycles. The zero-order valence-corrected chi connectivity index (χ0v) is 26.2. The third-order valence-electron chi connectivity index (χ3n) is 8.94. The van der Waals surface area contributed by atoms with Crippen LogP contribution in [0.25, 0.3) is 0 Å². The number of halogens is 1. The Morgan fingerprint density at radius 3 is 2.47 bits per heavy atom. The first-order valence-electron chi connectivity index (χ1n) is 15.3. The molecular weight excluding hydrogens is 575 g/mol. The molecule has 2 aromatic carbocycles. The number of benzene rings is 2. The molecule has 0 bridgehead atoms. The van der Waals surface area contributed by atoms with Crippen LogP contribution in [0.3, 0.4) is 0 Å². The van der Waals surface area contributed by atoms with Crippen molar-refractivity contribution in [2.24, 2.45) is 10.7 Å². The van der Waals surface area contributed by atoms with Gasteiger partial charge in [0.2, 0.25) is 5.91 Å². The number of methoxy groups -OCH3 is 3. The number of nitrogens with two attached hydrogens (primary N) is 1. The van der Waals surface area contributed by atoms with Crippen LogP contribution < -0.4 is 20.5 Å². The third-order valence-corrected chi connectivity index (χ3v) is 8.94. The quantitative estimate of drug-likeness (QED) is 0.339. The number of aliphatic imine (C=N–C) groups is 1. The second-order valence-electron chi connectivity index (χ2n) is 11.9. The number of nitrogens with zero attached hydrogens (tertiary/aromatic N) is 4. The van der Waals surface area contributed by atoms with Gasteiger partial charge in [0.05, 0.1) is 45.0 Å². The maximum absolute atomic E-state index is 14.8. The molecule has 2 aromatic rings. The van der Waals surface area contributed by atoms with Gasteiger partial charge in [0.25, 0.3) is 0 Å². The van der Waals surface area contributed by atoms with E-state index >= 15 is 0 Å². The number of alkyl halides is 1. The van der Waals surface area contributed by atoms with Crippen molar-refractivity contribution in [2.75, 3.05) is 33.7 Å². The number of rotatable bonds is 11. The fraction of sp³-hybridized carbons (Fsp3) is 0.412. The Hall–Kier alpha value is -4.67. The minimum absolute atomic E-state index is 0.328. The summed E-state index contributed by atoms with van der Waals surface area (Å²) < 4.78 is 31.4. The number of primary amides is 1. The highest BCUT2D eigenvalue weighted by molar-refractivity contribution is 5.98. The normalized spacial score (nSPS) is 23.8. The number of carbonyl (C=O) groups is 1. The van der Waals surface area contributed by atoms with Crippen LogP contribution in [-0.2, 0) is 16.1 Å². The highest BCUT2D eigenvalue weighted by Crippen LogP contribution is 2.45. The number of amides is 1. The molecule has 2 saturated carbocycles. The number of fused-ring (bicyclic) bond motifs is 1. The predicted octanol–water partition coefficient (Wildman–Crippen LogP) is 5.03. The van der Waals surface area contributed by atoms with Gasteiger partial charge in [0.15, 0.2) is 11.9 Å². The Morgan fingerprint density at radius 2 is 1.84 bits per heavy atom. The summed E-state index contributed by atoms with van der Waals surface area (Å²) in [6, 6.07) is 12.6. The molecule has 0 aromatic heterocycles. The van der Waals surface area contributed by atoms with E-state index in [0.29, 0.717) is 30.5 Å². The van der Waals surface area contributed by atoms with Crippen molar-refractivity contribution in [3.05, 3.63) is 88.8 Å². The molecule has 6 rings (SSSR count). The first kappa shape index (κ1) is 30.4. The average molecular weight is 617 g/mol. The van der Waals surface area contributed by atoms with Crippen LogP contribution in [0, 0.1) is 0 Å². The van der Waals surface area contributed by atoms with E-state index < -0.39 is 24.2 Å². The molecule has 2 aliphatic heterocycles. The van der Waals surface area contributed by atoms with Crippen LogP contribution in [0.5, 0.6) is 11.5 Å². The molecule has 3 atom stereocenters. The summed E-state index contributed by atoms with van der Waals surface area (Å²) in [6.45, 7) is 0.562. The van der Waals surface area contributed by atoms with Gasteiger partial charge in [-0.05, 0) is 66.5 Å². The summed E-state index contributed by atoms with van der Waals surface area (Å²) in [4.78, 5) is 19.3. The van der Waals surface area contributed by atoms with E-state index in [-0.39, 0.29) is 0 Å². The highest BCUT2D eigenvalue weighted by atomic mass is 19.1. The van der Waals surface area contributed by atoms with Gasteiger partial charge in [-0.15, -0.1) is 0 Å². The van der Waals surface area contributed by atoms with E-state index in [9.17, 15) is 9.18 Å². The van der Waals surface area contributed by atoms with Gasteiger partial charge in [0, 0.05) is 32.3 Å². The van der Waals surface area contributed by atoms with Crippen molar-refractivity contribution in [2.45, 2.75) is 62.8 Å². The maximum atomic E-state index is 14.8. The van der Waals surface area contributed by atoms with Crippen molar-refractivity contribution < 1.29 is 23.4 Å². The number of nitrogens with one attached hydrogen (secondary N) is 1. The zero-order valence-electron chi connectivity index (χ0n) is 26.2. The number of allylic oxidation sites excluding steroid dienone is 2. The summed E-state index contributed by atoms with van der Waals surface area (Å²) in [6.07, 6.45) is 8.58. The number of hydrogen-bond acceptors (Lipinski definition) is 9. The highest BCUT2D eigenvalue weighted by Gasteiger charge is 2.51. The monoisotopic (exact) mass is 616 g/mol. The van der Waals surface area contributed by atoms with Gasteiger partial charge >= 0.3 is 0 Å². The second-order valence-corrected chi connectivity index (χ2v) is 11.9. The molecule has 11 heteroatoms. The largest absolute Gasteiger partial charge is 0.504 e. The van der Waals surface area contributed by atoms with Crippen molar-refractivity contribution in [1.82, 2.24) is 14.9 Å². The fourth-order valence-electron chi connectivity index (χ4n) is 6.52. The summed E-state index contributed by atoms with van der Waals surface area (Å²) in [5.74, 6) is 2.45. The molecule has 2 aliphatic carbocycles.